The zero-order valence-electron chi connectivity index (χ0n) is 19.6. The van der Waals surface area contributed by atoms with Gasteiger partial charge in [0.1, 0.15) is 0 Å². The van der Waals surface area contributed by atoms with E-state index in [0.29, 0.717) is 5.70 Å². The van der Waals surface area contributed by atoms with E-state index >= 15 is 0 Å². The van der Waals surface area contributed by atoms with Crippen molar-refractivity contribution in [2.24, 2.45) is 11.7 Å². The van der Waals surface area contributed by atoms with Gasteiger partial charge in [-0.25, -0.2) is 15.4 Å². The van der Waals surface area contributed by atoms with Crippen LogP contribution in [0.5, 0.6) is 0 Å². The van der Waals surface area contributed by atoms with E-state index < -0.39 is 0 Å². The normalized spacial score (nSPS) is 19.5. The lowest BCUT2D eigenvalue weighted by molar-refractivity contribution is 0.415. The second kappa shape index (κ2) is 11.7. The number of nitrogens with two attached hydrogens (primary N) is 1. The van der Waals surface area contributed by atoms with E-state index in [1.807, 2.05) is 19.2 Å². The molecule has 0 aliphatic carbocycles. The fourth-order valence-electron chi connectivity index (χ4n) is 3.78. The third kappa shape index (κ3) is 5.85. The lowest BCUT2D eigenvalue weighted by atomic mass is 10.0. The van der Waals surface area contributed by atoms with Gasteiger partial charge in [0.25, 0.3) is 0 Å². The van der Waals surface area contributed by atoms with Crippen molar-refractivity contribution in [1.29, 1.82) is 0 Å². The number of thiazole rings is 1. The van der Waals surface area contributed by atoms with E-state index in [1.165, 1.54) is 36.5 Å². The van der Waals surface area contributed by atoms with Crippen LogP contribution in [0.25, 0.3) is 10.8 Å². The van der Waals surface area contributed by atoms with Crippen LogP contribution in [0.15, 0.2) is 47.3 Å². The number of allylic oxidation sites excluding steroid dienone is 2. The molecule has 0 amide bonds. The monoisotopic (exact) mass is 472 g/mol. The number of hydrogen-bond donors (Lipinski definition) is 3. The van der Waals surface area contributed by atoms with Crippen molar-refractivity contribution in [1.82, 2.24) is 25.4 Å². The number of hydrazine groups is 1. The van der Waals surface area contributed by atoms with Crippen molar-refractivity contribution in [2.75, 3.05) is 11.5 Å². The molecule has 1 unspecified atom stereocenters. The van der Waals surface area contributed by atoms with Crippen LogP contribution >= 0.6 is 23.1 Å². The van der Waals surface area contributed by atoms with E-state index in [0.717, 1.165) is 40.3 Å². The van der Waals surface area contributed by atoms with E-state index in [-0.39, 0.29) is 6.04 Å². The van der Waals surface area contributed by atoms with Crippen LogP contribution in [0.2, 0.25) is 0 Å². The van der Waals surface area contributed by atoms with Gasteiger partial charge in [0.15, 0.2) is 10.8 Å². The molecular formula is C24H36N6S2. The number of aromatic nitrogens is 3. The molecule has 174 valence electrons. The summed E-state index contributed by atoms with van der Waals surface area (Å²) in [5, 5.41) is 3.07. The molecule has 4 rings (SSSR count). The summed E-state index contributed by atoms with van der Waals surface area (Å²) in [5.41, 5.74) is 17.4. The Morgan fingerprint density at radius 1 is 1.31 bits per heavy atom. The lowest BCUT2D eigenvalue weighted by Crippen LogP contribution is -2.26. The molecule has 2 aliphatic rings. The van der Waals surface area contributed by atoms with Crippen LogP contribution in [-0.4, -0.2) is 26.0 Å². The molecule has 2 aromatic rings. The molecule has 4 N–H and O–H groups in total. The van der Waals surface area contributed by atoms with Gasteiger partial charge in [0.05, 0.1) is 11.7 Å². The molecule has 0 radical (unpaired) electrons. The summed E-state index contributed by atoms with van der Waals surface area (Å²) in [4.78, 5) is 9.65. The molecule has 32 heavy (non-hydrogen) atoms. The molecular weight excluding hydrogens is 436 g/mol. The first-order valence-electron chi connectivity index (χ1n) is 11.4. The first kappa shape index (κ1) is 24.6. The van der Waals surface area contributed by atoms with Gasteiger partial charge in [-0.1, -0.05) is 26.8 Å². The fourth-order valence-corrected chi connectivity index (χ4v) is 5.83. The van der Waals surface area contributed by atoms with Gasteiger partial charge < -0.3 is 15.7 Å². The fraction of sp³-hybridized carbons (Fsp3) is 0.500. The molecule has 0 aromatic carbocycles. The first-order valence-corrected chi connectivity index (χ1v) is 13.4. The number of thioether (sulfide) groups is 1. The Morgan fingerprint density at radius 2 is 2.03 bits per heavy atom. The number of nitrogens with one attached hydrogen (secondary N) is 2. The number of hydrogen-bond acceptors (Lipinski definition) is 7. The second-order valence-electron chi connectivity index (χ2n) is 8.31. The Hall–Kier alpha value is -2.03. The molecule has 0 saturated carbocycles. The van der Waals surface area contributed by atoms with Crippen molar-refractivity contribution in [3.63, 3.8) is 0 Å². The van der Waals surface area contributed by atoms with Crippen molar-refractivity contribution >= 4 is 23.1 Å². The van der Waals surface area contributed by atoms with Gasteiger partial charge in [-0.15, -0.1) is 11.3 Å². The van der Waals surface area contributed by atoms with Crippen LogP contribution in [0.3, 0.4) is 0 Å². The summed E-state index contributed by atoms with van der Waals surface area (Å²) < 4.78 is 2.35. The van der Waals surface area contributed by atoms with Crippen molar-refractivity contribution in [3.05, 3.63) is 58.7 Å². The van der Waals surface area contributed by atoms with Crippen molar-refractivity contribution in [2.45, 2.75) is 59.5 Å². The Bertz CT molecular complexity index is 965. The van der Waals surface area contributed by atoms with Gasteiger partial charge in [-0.05, 0) is 61.8 Å². The van der Waals surface area contributed by atoms with E-state index in [4.69, 9.17) is 15.7 Å². The molecule has 8 heteroatoms. The zero-order chi connectivity index (χ0) is 23.1. The Kier molecular flexibility index (Phi) is 9.02. The molecule has 4 heterocycles. The van der Waals surface area contributed by atoms with Gasteiger partial charge in [0, 0.05) is 35.2 Å². The first-order chi connectivity index (χ1) is 15.5. The van der Waals surface area contributed by atoms with Gasteiger partial charge in [-0.2, -0.15) is 11.8 Å². The molecule has 0 bridgehead atoms. The molecule has 2 aromatic heterocycles. The van der Waals surface area contributed by atoms with Crippen LogP contribution in [-0.2, 0) is 6.54 Å². The minimum absolute atomic E-state index is 0.0432. The molecule has 1 atom stereocenters. The second-order valence-corrected chi connectivity index (χ2v) is 10.4. The zero-order valence-corrected chi connectivity index (χ0v) is 21.3. The average Bonchev–Trinajstić information content (AvgIpc) is 3.50. The number of nitrogens with zero attached hydrogens (tertiary/aromatic N) is 3. The topological polar surface area (TPSA) is 80.8 Å². The largest absolute Gasteiger partial charge is 0.399 e. The SMILES string of the molecule is C=C/C(N)=C\C1=C(C)NNC1c1csc(-c2ncc(C)n2CC2CCSCC2)n1.CCC. The number of imidazole rings is 1. The smallest absolute Gasteiger partial charge is 0.169 e. The van der Waals surface area contributed by atoms with E-state index in [2.05, 4.69) is 59.9 Å². The highest BCUT2D eigenvalue weighted by Crippen LogP contribution is 2.33. The van der Waals surface area contributed by atoms with Crippen molar-refractivity contribution in [3.8, 4) is 10.8 Å². The number of rotatable bonds is 6. The average molecular weight is 473 g/mol. The van der Waals surface area contributed by atoms with Gasteiger partial charge in [-0.3, -0.25) is 0 Å². The maximum absolute atomic E-state index is 5.98. The van der Waals surface area contributed by atoms with Gasteiger partial charge in [0.2, 0.25) is 0 Å². The summed E-state index contributed by atoms with van der Waals surface area (Å²) in [7, 11) is 0. The summed E-state index contributed by atoms with van der Waals surface area (Å²) in [6, 6.07) is -0.0432. The predicted octanol–water partition coefficient (Wildman–Crippen LogP) is 5.33. The summed E-state index contributed by atoms with van der Waals surface area (Å²) in [5.74, 6) is 4.25. The third-order valence-corrected chi connectivity index (χ3v) is 7.46. The molecule has 1 fully saturated rings. The van der Waals surface area contributed by atoms with Crippen LogP contribution in [0, 0.1) is 12.8 Å². The molecule has 2 aliphatic heterocycles. The summed E-state index contributed by atoms with van der Waals surface area (Å²) in [6.07, 6.45) is 9.39. The van der Waals surface area contributed by atoms with Crippen LogP contribution in [0.1, 0.15) is 57.5 Å². The Morgan fingerprint density at radius 3 is 2.72 bits per heavy atom. The highest BCUT2D eigenvalue weighted by molar-refractivity contribution is 7.99. The molecule has 1 saturated heterocycles. The van der Waals surface area contributed by atoms with Crippen LogP contribution in [0.4, 0.5) is 0 Å². The third-order valence-electron chi connectivity index (χ3n) is 5.55. The van der Waals surface area contributed by atoms with Crippen molar-refractivity contribution < 1.29 is 0 Å². The molecule has 6 nitrogen and oxygen atoms in total. The quantitative estimate of drug-likeness (QED) is 0.493. The maximum atomic E-state index is 5.98. The minimum Gasteiger partial charge on any atom is -0.399 e. The summed E-state index contributed by atoms with van der Waals surface area (Å²) in [6.45, 7) is 13.2. The Labute approximate surface area is 200 Å². The predicted molar refractivity (Wildman–Crippen MR) is 138 cm³/mol. The standard InChI is InChI=1S/C21H28N6S2.C3H8/c1-4-16(22)9-17-14(3)25-26-19(17)18-12-29-21(24-18)20-23-10-13(2)27(20)11-15-5-7-28-8-6-15;1-3-2/h4,9-10,12,15,19,25-26H,1,5-8,11,22H2,2-3H3;3H2,1-2H3/b16-9+;. The number of aryl methyl sites for hydroxylation is 1. The van der Waals surface area contributed by atoms with E-state index in [9.17, 15) is 0 Å². The van der Waals surface area contributed by atoms with Gasteiger partial charge >= 0.3 is 0 Å². The molecule has 0 spiro atoms. The summed E-state index contributed by atoms with van der Waals surface area (Å²) >= 11 is 3.71. The Balaban J connectivity index is 0.000000913. The lowest BCUT2D eigenvalue weighted by Gasteiger charge is -2.23. The minimum atomic E-state index is -0.0432. The van der Waals surface area contributed by atoms with Crippen LogP contribution < -0.4 is 16.6 Å². The van der Waals surface area contributed by atoms with E-state index in [1.54, 1.807) is 17.4 Å². The maximum Gasteiger partial charge on any atom is 0.169 e. The highest BCUT2D eigenvalue weighted by atomic mass is 32.2. The highest BCUT2D eigenvalue weighted by Gasteiger charge is 2.26.